The van der Waals surface area contributed by atoms with E-state index < -0.39 is 0 Å². The summed E-state index contributed by atoms with van der Waals surface area (Å²) in [7, 11) is 0. The Labute approximate surface area is 145 Å². The van der Waals surface area contributed by atoms with Crippen molar-refractivity contribution in [1.82, 2.24) is 15.3 Å². The lowest BCUT2D eigenvalue weighted by Gasteiger charge is -2.08. The molecule has 0 atom stereocenters. The van der Waals surface area contributed by atoms with Crippen LogP contribution in [0.2, 0.25) is 0 Å². The quantitative estimate of drug-likeness (QED) is 0.768. The maximum atomic E-state index is 12.3. The molecule has 0 saturated heterocycles. The Morgan fingerprint density at radius 2 is 1.60 bits per heavy atom. The minimum atomic E-state index is -0.329. The predicted molar refractivity (Wildman–Crippen MR) is 96.4 cm³/mol. The number of aromatic nitrogens is 2. The zero-order valence-electron chi connectivity index (χ0n) is 14.0. The molecule has 6 nitrogen and oxygen atoms in total. The standard InChI is InChI=1S/C19H18N4O2/c1-12-13(2)22-17-10-14(8-9-16(17)21-12)19(25)20-11-18(24)23-15-6-4-3-5-7-15/h3-10H,11H2,1-2H3,(H,20,25)(H,23,24). The topological polar surface area (TPSA) is 84.0 Å². The van der Waals surface area contributed by atoms with Crippen molar-refractivity contribution >= 4 is 28.5 Å². The summed E-state index contributed by atoms with van der Waals surface area (Å²) in [6.45, 7) is 3.67. The average molecular weight is 334 g/mol. The van der Waals surface area contributed by atoms with Gasteiger partial charge in [0.15, 0.2) is 0 Å². The SMILES string of the molecule is Cc1nc2ccc(C(=O)NCC(=O)Nc3ccccc3)cc2nc1C. The van der Waals surface area contributed by atoms with Gasteiger partial charge in [-0.05, 0) is 44.2 Å². The van der Waals surface area contributed by atoms with E-state index in [0.29, 0.717) is 16.8 Å². The number of nitrogens with zero attached hydrogens (tertiary/aromatic N) is 2. The van der Waals surface area contributed by atoms with Crippen molar-refractivity contribution in [2.75, 3.05) is 11.9 Å². The Balaban J connectivity index is 1.66. The molecule has 0 aliphatic carbocycles. The van der Waals surface area contributed by atoms with Crippen LogP contribution in [0.5, 0.6) is 0 Å². The summed E-state index contributed by atoms with van der Waals surface area (Å²) in [5.74, 6) is -0.614. The first kappa shape index (κ1) is 16.6. The van der Waals surface area contributed by atoms with Crippen LogP contribution in [0.1, 0.15) is 21.7 Å². The van der Waals surface area contributed by atoms with Crippen LogP contribution in [0, 0.1) is 13.8 Å². The number of rotatable bonds is 4. The third-order valence-corrected chi connectivity index (χ3v) is 3.80. The summed E-state index contributed by atoms with van der Waals surface area (Å²) < 4.78 is 0. The largest absolute Gasteiger partial charge is 0.343 e. The highest BCUT2D eigenvalue weighted by Gasteiger charge is 2.10. The van der Waals surface area contributed by atoms with Crippen molar-refractivity contribution in [2.45, 2.75) is 13.8 Å². The Kier molecular flexibility index (Phi) is 4.70. The number of hydrogen-bond acceptors (Lipinski definition) is 4. The van der Waals surface area contributed by atoms with Crippen molar-refractivity contribution in [1.29, 1.82) is 0 Å². The van der Waals surface area contributed by atoms with Crippen molar-refractivity contribution in [2.24, 2.45) is 0 Å². The van der Waals surface area contributed by atoms with E-state index in [0.717, 1.165) is 16.9 Å². The number of hydrogen-bond donors (Lipinski definition) is 2. The van der Waals surface area contributed by atoms with Gasteiger partial charge in [0.1, 0.15) is 0 Å². The first-order valence-electron chi connectivity index (χ1n) is 7.91. The van der Waals surface area contributed by atoms with Gasteiger partial charge in [-0.15, -0.1) is 0 Å². The first-order valence-corrected chi connectivity index (χ1v) is 7.91. The number of benzene rings is 2. The molecule has 1 aromatic heterocycles. The molecule has 25 heavy (non-hydrogen) atoms. The zero-order valence-corrected chi connectivity index (χ0v) is 14.0. The van der Waals surface area contributed by atoms with Gasteiger partial charge in [0.25, 0.3) is 5.91 Å². The highest BCUT2D eigenvalue weighted by atomic mass is 16.2. The summed E-state index contributed by atoms with van der Waals surface area (Å²) in [6, 6.07) is 14.2. The molecule has 0 aliphatic heterocycles. The molecule has 2 N–H and O–H groups in total. The zero-order chi connectivity index (χ0) is 17.8. The average Bonchev–Trinajstić information content (AvgIpc) is 2.61. The van der Waals surface area contributed by atoms with Gasteiger partial charge in [0, 0.05) is 11.3 Å². The third kappa shape index (κ3) is 3.98. The van der Waals surface area contributed by atoms with Crippen LogP contribution in [-0.4, -0.2) is 28.3 Å². The molecule has 0 bridgehead atoms. The molecular weight excluding hydrogens is 316 g/mol. The minimum Gasteiger partial charge on any atom is -0.343 e. The molecule has 1 heterocycles. The van der Waals surface area contributed by atoms with E-state index in [-0.39, 0.29) is 18.4 Å². The second-order valence-electron chi connectivity index (χ2n) is 5.69. The van der Waals surface area contributed by atoms with Gasteiger partial charge in [0.2, 0.25) is 5.91 Å². The van der Waals surface area contributed by atoms with Crippen molar-refractivity contribution in [3.63, 3.8) is 0 Å². The summed E-state index contributed by atoms with van der Waals surface area (Å²) in [6.07, 6.45) is 0. The second-order valence-corrected chi connectivity index (χ2v) is 5.69. The molecular formula is C19H18N4O2. The molecule has 2 aromatic carbocycles. The molecule has 3 aromatic rings. The normalized spacial score (nSPS) is 10.5. The van der Waals surface area contributed by atoms with Crippen LogP contribution in [-0.2, 0) is 4.79 Å². The van der Waals surface area contributed by atoms with E-state index in [1.54, 1.807) is 30.3 Å². The van der Waals surface area contributed by atoms with Gasteiger partial charge >= 0.3 is 0 Å². The molecule has 3 rings (SSSR count). The van der Waals surface area contributed by atoms with Crippen LogP contribution >= 0.6 is 0 Å². The Morgan fingerprint density at radius 3 is 2.32 bits per heavy atom. The summed E-state index contributed by atoms with van der Waals surface area (Å²) in [4.78, 5) is 33.0. The van der Waals surface area contributed by atoms with E-state index in [1.807, 2.05) is 32.0 Å². The van der Waals surface area contributed by atoms with Crippen LogP contribution in [0.25, 0.3) is 11.0 Å². The Hall–Kier alpha value is -3.28. The lowest BCUT2D eigenvalue weighted by atomic mass is 10.1. The number of fused-ring (bicyclic) bond motifs is 1. The molecule has 6 heteroatoms. The van der Waals surface area contributed by atoms with E-state index >= 15 is 0 Å². The number of carbonyl (C=O) groups excluding carboxylic acids is 2. The predicted octanol–water partition coefficient (Wildman–Crippen LogP) is 2.62. The monoisotopic (exact) mass is 334 g/mol. The van der Waals surface area contributed by atoms with Crippen LogP contribution in [0.4, 0.5) is 5.69 Å². The highest BCUT2D eigenvalue weighted by molar-refractivity contribution is 6.00. The van der Waals surface area contributed by atoms with Gasteiger partial charge in [0.05, 0.1) is 29.0 Å². The fraction of sp³-hybridized carbons (Fsp3) is 0.158. The molecule has 0 saturated carbocycles. The Morgan fingerprint density at radius 1 is 0.920 bits per heavy atom. The lowest BCUT2D eigenvalue weighted by molar-refractivity contribution is -0.115. The first-order chi connectivity index (χ1) is 12.0. The van der Waals surface area contributed by atoms with Crippen LogP contribution in [0.15, 0.2) is 48.5 Å². The fourth-order valence-corrected chi connectivity index (χ4v) is 2.36. The highest BCUT2D eigenvalue weighted by Crippen LogP contribution is 2.14. The third-order valence-electron chi connectivity index (χ3n) is 3.80. The second kappa shape index (κ2) is 7.09. The fourth-order valence-electron chi connectivity index (χ4n) is 2.36. The number of carbonyl (C=O) groups is 2. The summed E-state index contributed by atoms with van der Waals surface area (Å²) >= 11 is 0. The lowest BCUT2D eigenvalue weighted by Crippen LogP contribution is -2.32. The van der Waals surface area contributed by atoms with Gasteiger partial charge in [-0.2, -0.15) is 0 Å². The summed E-state index contributed by atoms with van der Waals surface area (Å²) in [5, 5.41) is 5.33. The van der Waals surface area contributed by atoms with Crippen molar-refractivity contribution in [3.8, 4) is 0 Å². The molecule has 2 amide bonds. The molecule has 0 radical (unpaired) electrons. The number of anilines is 1. The Bertz CT molecular complexity index is 939. The van der Waals surface area contributed by atoms with Gasteiger partial charge in [-0.3, -0.25) is 9.59 Å². The minimum absolute atomic E-state index is 0.107. The van der Waals surface area contributed by atoms with E-state index in [4.69, 9.17) is 0 Å². The molecule has 0 unspecified atom stereocenters. The van der Waals surface area contributed by atoms with Crippen molar-refractivity contribution in [3.05, 3.63) is 65.5 Å². The molecule has 0 aliphatic rings. The van der Waals surface area contributed by atoms with Gasteiger partial charge < -0.3 is 10.6 Å². The maximum Gasteiger partial charge on any atom is 0.251 e. The van der Waals surface area contributed by atoms with Crippen LogP contribution in [0.3, 0.4) is 0 Å². The van der Waals surface area contributed by atoms with Crippen LogP contribution < -0.4 is 10.6 Å². The van der Waals surface area contributed by atoms with E-state index in [1.165, 1.54) is 0 Å². The van der Waals surface area contributed by atoms with Gasteiger partial charge in [-0.25, -0.2) is 9.97 Å². The van der Waals surface area contributed by atoms with Gasteiger partial charge in [-0.1, -0.05) is 18.2 Å². The van der Waals surface area contributed by atoms with E-state index in [2.05, 4.69) is 20.6 Å². The molecule has 0 fully saturated rings. The maximum absolute atomic E-state index is 12.3. The molecule has 126 valence electrons. The van der Waals surface area contributed by atoms with Crippen molar-refractivity contribution < 1.29 is 9.59 Å². The molecule has 0 spiro atoms. The number of para-hydroxylation sites is 1. The summed E-state index contributed by atoms with van der Waals surface area (Å²) in [5.41, 5.74) is 4.21. The smallest absolute Gasteiger partial charge is 0.251 e. The number of aryl methyl sites for hydroxylation is 2. The number of amides is 2. The van der Waals surface area contributed by atoms with E-state index in [9.17, 15) is 9.59 Å². The number of nitrogens with one attached hydrogen (secondary N) is 2.